The first-order valence-corrected chi connectivity index (χ1v) is 7.34. The van der Waals surface area contributed by atoms with Crippen LogP contribution in [0.1, 0.15) is 12.6 Å². The van der Waals surface area contributed by atoms with Gasteiger partial charge in [-0.1, -0.05) is 0 Å². The number of aryl methyl sites for hydroxylation is 1. The second-order valence-corrected chi connectivity index (χ2v) is 5.00. The van der Waals surface area contributed by atoms with E-state index in [9.17, 15) is 10.1 Å². The van der Waals surface area contributed by atoms with Gasteiger partial charge in [0, 0.05) is 18.8 Å². The molecule has 23 heavy (non-hydrogen) atoms. The van der Waals surface area contributed by atoms with Crippen LogP contribution in [0.15, 0.2) is 30.5 Å². The van der Waals surface area contributed by atoms with Crippen molar-refractivity contribution in [1.82, 2.24) is 15.1 Å². The number of anilines is 1. The highest BCUT2D eigenvalue weighted by molar-refractivity contribution is 7.80. The topological polar surface area (TPSA) is 94.2 Å². The Bertz CT molecular complexity index is 716. The van der Waals surface area contributed by atoms with E-state index in [1.807, 2.05) is 17.7 Å². The van der Waals surface area contributed by atoms with Crippen molar-refractivity contribution in [3.63, 3.8) is 0 Å². The molecule has 122 valence electrons. The van der Waals surface area contributed by atoms with Crippen molar-refractivity contribution in [1.29, 1.82) is 0 Å². The number of benzene rings is 1. The van der Waals surface area contributed by atoms with E-state index < -0.39 is 4.92 Å². The molecule has 1 aromatic heterocycles. The van der Waals surface area contributed by atoms with E-state index in [0.29, 0.717) is 23.1 Å². The van der Waals surface area contributed by atoms with Crippen LogP contribution < -0.4 is 15.4 Å². The summed E-state index contributed by atoms with van der Waals surface area (Å²) >= 11 is 5.24. The lowest BCUT2D eigenvalue weighted by molar-refractivity contribution is -0.384. The van der Waals surface area contributed by atoms with Crippen molar-refractivity contribution in [3.05, 3.63) is 46.3 Å². The van der Waals surface area contributed by atoms with Gasteiger partial charge in [0.15, 0.2) is 5.11 Å². The highest BCUT2D eigenvalue weighted by Gasteiger charge is 2.12. The second kappa shape index (κ2) is 7.54. The molecule has 0 unspecified atom stereocenters. The van der Waals surface area contributed by atoms with Crippen LogP contribution in [0.2, 0.25) is 0 Å². The summed E-state index contributed by atoms with van der Waals surface area (Å²) in [6.45, 7) is 3.31. The van der Waals surface area contributed by atoms with Crippen molar-refractivity contribution in [2.45, 2.75) is 20.0 Å². The lowest BCUT2D eigenvalue weighted by atomic mass is 10.2. The average Bonchev–Trinajstić information content (AvgIpc) is 3.00. The number of aromatic nitrogens is 2. The number of nitrogens with zero attached hydrogens (tertiary/aromatic N) is 3. The van der Waals surface area contributed by atoms with Crippen molar-refractivity contribution >= 4 is 28.7 Å². The molecule has 0 spiro atoms. The number of methoxy groups -OCH3 is 1. The number of ether oxygens (including phenoxy) is 1. The third kappa shape index (κ3) is 4.16. The highest BCUT2D eigenvalue weighted by atomic mass is 32.1. The Morgan fingerprint density at radius 3 is 2.91 bits per heavy atom. The first-order valence-electron chi connectivity index (χ1n) is 6.93. The molecule has 8 nitrogen and oxygen atoms in total. The lowest BCUT2D eigenvalue weighted by Gasteiger charge is -2.13. The number of nitro groups is 1. The maximum Gasteiger partial charge on any atom is 0.273 e. The fourth-order valence-corrected chi connectivity index (χ4v) is 2.21. The predicted octanol–water partition coefficient (Wildman–Crippen LogP) is 2.31. The zero-order valence-corrected chi connectivity index (χ0v) is 13.6. The van der Waals surface area contributed by atoms with Crippen molar-refractivity contribution in [2.75, 3.05) is 12.4 Å². The Morgan fingerprint density at radius 2 is 2.26 bits per heavy atom. The van der Waals surface area contributed by atoms with Crippen molar-refractivity contribution in [3.8, 4) is 5.75 Å². The molecule has 0 aliphatic heterocycles. The molecule has 0 bridgehead atoms. The van der Waals surface area contributed by atoms with Gasteiger partial charge in [0.05, 0.1) is 36.0 Å². The molecule has 2 rings (SSSR count). The fourth-order valence-electron chi connectivity index (χ4n) is 2.03. The predicted molar refractivity (Wildman–Crippen MR) is 90.6 cm³/mol. The van der Waals surface area contributed by atoms with Crippen LogP contribution in [0.25, 0.3) is 0 Å². The largest absolute Gasteiger partial charge is 0.494 e. The van der Waals surface area contributed by atoms with Gasteiger partial charge in [0.25, 0.3) is 5.69 Å². The molecule has 1 aromatic carbocycles. The van der Waals surface area contributed by atoms with Crippen LogP contribution in [-0.2, 0) is 13.1 Å². The van der Waals surface area contributed by atoms with Gasteiger partial charge in [-0.05, 0) is 31.3 Å². The number of hydrogen-bond donors (Lipinski definition) is 2. The minimum atomic E-state index is -0.477. The van der Waals surface area contributed by atoms with Crippen LogP contribution in [0.4, 0.5) is 11.4 Å². The van der Waals surface area contributed by atoms with Crippen molar-refractivity contribution in [2.24, 2.45) is 0 Å². The number of rotatable bonds is 6. The Balaban J connectivity index is 2.01. The highest BCUT2D eigenvalue weighted by Crippen LogP contribution is 2.28. The van der Waals surface area contributed by atoms with E-state index in [1.54, 1.807) is 12.3 Å². The minimum Gasteiger partial charge on any atom is -0.494 e. The number of hydrogen-bond acceptors (Lipinski definition) is 5. The zero-order chi connectivity index (χ0) is 16.8. The summed E-state index contributed by atoms with van der Waals surface area (Å²) in [5.41, 5.74) is 1.52. The normalized spacial score (nSPS) is 10.2. The Hall–Kier alpha value is -2.68. The van der Waals surface area contributed by atoms with Gasteiger partial charge in [-0.2, -0.15) is 5.10 Å². The number of nitrogens with one attached hydrogen (secondary N) is 2. The molecule has 2 N–H and O–H groups in total. The third-order valence-electron chi connectivity index (χ3n) is 3.18. The van der Waals surface area contributed by atoms with Crippen molar-refractivity contribution < 1.29 is 9.66 Å². The van der Waals surface area contributed by atoms with E-state index in [1.165, 1.54) is 19.2 Å². The van der Waals surface area contributed by atoms with Gasteiger partial charge in [-0.15, -0.1) is 0 Å². The van der Waals surface area contributed by atoms with Gasteiger partial charge >= 0.3 is 0 Å². The smallest absolute Gasteiger partial charge is 0.273 e. The van der Waals surface area contributed by atoms with Gasteiger partial charge in [-0.25, -0.2) is 0 Å². The molecule has 0 amide bonds. The monoisotopic (exact) mass is 335 g/mol. The van der Waals surface area contributed by atoms with E-state index >= 15 is 0 Å². The maximum absolute atomic E-state index is 10.8. The molecule has 9 heteroatoms. The van der Waals surface area contributed by atoms with Crippen LogP contribution in [-0.4, -0.2) is 26.9 Å². The average molecular weight is 335 g/mol. The molecule has 0 saturated carbocycles. The van der Waals surface area contributed by atoms with Crippen LogP contribution in [0.5, 0.6) is 5.75 Å². The molecule has 0 atom stereocenters. The molecule has 0 saturated heterocycles. The molecular formula is C14H17N5O3S. The third-order valence-corrected chi connectivity index (χ3v) is 3.42. The van der Waals surface area contributed by atoms with E-state index in [4.69, 9.17) is 17.0 Å². The number of nitro benzene ring substituents is 1. The SMILES string of the molecule is CCn1nccc1CNC(=S)Nc1ccc([N+](=O)[O-])cc1OC. The standard InChI is InChI=1S/C14H17N5O3S/c1-3-18-11(6-7-16-18)9-15-14(23)17-12-5-4-10(19(20)21)8-13(12)22-2/h4-8H,3,9H2,1-2H3,(H2,15,17,23). The second-order valence-electron chi connectivity index (χ2n) is 4.59. The first kappa shape index (κ1) is 16.7. The summed E-state index contributed by atoms with van der Waals surface area (Å²) in [5.74, 6) is 0.349. The Kier molecular flexibility index (Phi) is 5.47. The molecular weight excluding hydrogens is 318 g/mol. The summed E-state index contributed by atoms with van der Waals surface area (Å²) in [6.07, 6.45) is 1.73. The van der Waals surface area contributed by atoms with Gasteiger partial charge in [0.2, 0.25) is 0 Å². The van der Waals surface area contributed by atoms with Crippen LogP contribution >= 0.6 is 12.2 Å². The molecule has 0 aliphatic carbocycles. The minimum absolute atomic E-state index is 0.0434. The summed E-state index contributed by atoms with van der Waals surface area (Å²) in [4.78, 5) is 10.3. The Labute approximate surface area is 138 Å². The van der Waals surface area contributed by atoms with Gasteiger partial charge in [-0.3, -0.25) is 14.8 Å². The summed E-state index contributed by atoms with van der Waals surface area (Å²) in [7, 11) is 1.44. The molecule has 0 fully saturated rings. The van der Waals surface area contributed by atoms with E-state index in [2.05, 4.69) is 15.7 Å². The summed E-state index contributed by atoms with van der Waals surface area (Å²) < 4.78 is 7.02. The van der Waals surface area contributed by atoms with E-state index in [-0.39, 0.29) is 5.69 Å². The molecule has 1 heterocycles. The number of thiocarbonyl (C=S) groups is 1. The Morgan fingerprint density at radius 1 is 1.48 bits per heavy atom. The number of non-ortho nitro benzene ring substituents is 1. The fraction of sp³-hybridized carbons (Fsp3) is 0.286. The maximum atomic E-state index is 10.8. The van der Waals surface area contributed by atoms with E-state index in [0.717, 1.165) is 12.2 Å². The lowest BCUT2D eigenvalue weighted by Crippen LogP contribution is -2.29. The van der Waals surface area contributed by atoms with Gasteiger partial charge in [0.1, 0.15) is 5.75 Å². The van der Waals surface area contributed by atoms with Crippen LogP contribution in [0.3, 0.4) is 0 Å². The zero-order valence-electron chi connectivity index (χ0n) is 12.8. The first-order chi connectivity index (χ1) is 11.0. The van der Waals surface area contributed by atoms with Crippen LogP contribution in [0, 0.1) is 10.1 Å². The molecule has 0 radical (unpaired) electrons. The van der Waals surface area contributed by atoms with Gasteiger partial charge < -0.3 is 15.4 Å². The summed E-state index contributed by atoms with van der Waals surface area (Å²) in [5, 5.41) is 21.4. The summed E-state index contributed by atoms with van der Waals surface area (Å²) in [6, 6.07) is 6.20. The molecule has 2 aromatic rings. The molecule has 0 aliphatic rings. The quantitative estimate of drug-likeness (QED) is 0.475.